The fourth-order valence-corrected chi connectivity index (χ4v) is 2.16. The molecule has 0 aliphatic carbocycles. The predicted molar refractivity (Wildman–Crippen MR) is 87.9 cm³/mol. The van der Waals surface area contributed by atoms with Crippen molar-refractivity contribution in [2.24, 2.45) is 0 Å². The van der Waals surface area contributed by atoms with Gasteiger partial charge in [-0.05, 0) is 31.2 Å². The summed E-state index contributed by atoms with van der Waals surface area (Å²) in [6.07, 6.45) is -1.43. The average molecular weight is 403 g/mol. The molecule has 1 atom stereocenters. The lowest BCUT2D eigenvalue weighted by Crippen LogP contribution is -2.30. The zero-order chi connectivity index (χ0) is 20.3. The predicted octanol–water partition coefficient (Wildman–Crippen LogP) is 3.85. The summed E-state index contributed by atoms with van der Waals surface area (Å²) in [5.41, 5.74) is -1.46. The Bertz CT molecular complexity index is 939. The quantitative estimate of drug-likeness (QED) is 0.354. The molecule has 1 amide bonds. The van der Waals surface area contributed by atoms with Crippen molar-refractivity contribution >= 4 is 34.9 Å². The number of nitrogens with one attached hydrogen (secondary N) is 1. The topological polar surface area (TPSA) is 98.5 Å². The van der Waals surface area contributed by atoms with E-state index in [0.29, 0.717) is 12.1 Å². The Balaban J connectivity index is 2.10. The van der Waals surface area contributed by atoms with Gasteiger partial charge in [-0.2, -0.15) is 4.39 Å². The number of amides is 1. The van der Waals surface area contributed by atoms with Crippen molar-refractivity contribution < 1.29 is 32.4 Å². The highest BCUT2D eigenvalue weighted by Crippen LogP contribution is 2.23. The Morgan fingerprint density at radius 1 is 1.15 bits per heavy atom. The second kappa shape index (κ2) is 8.04. The van der Waals surface area contributed by atoms with E-state index in [1.807, 2.05) is 0 Å². The van der Waals surface area contributed by atoms with Gasteiger partial charge in [0.1, 0.15) is 0 Å². The van der Waals surface area contributed by atoms with Gasteiger partial charge in [0.25, 0.3) is 5.91 Å². The van der Waals surface area contributed by atoms with E-state index >= 15 is 0 Å². The highest BCUT2D eigenvalue weighted by molar-refractivity contribution is 6.33. The Kier molecular flexibility index (Phi) is 6.01. The highest BCUT2D eigenvalue weighted by Gasteiger charge is 2.23. The van der Waals surface area contributed by atoms with Crippen molar-refractivity contribution in [3.05, 3.63) is 68.5 Å². The number of carbonyl (C=O) groups excluding carboxylic acids is 2. The van der Waals surface area contributed by atoms with Crippen LogP contribution in [0.3, 0.4) is 0 Å². The standard InChI is InChI=1S/C16H10ClF3N2O5/c1-7(27-16(24)9-5-12(19)13(20)6-10(9)17)15(23)21-8-2-3-11(18)14(4-8)22(25)26/h2-7H,1H3,(H,21,23). The largest absolute Gasteiger partial charge is 0.449 e. The molecular weight excluding hydrogens is 393 g/mol. The third-order valence-corrected chi connectivity index (χ3v) is 3.61. The molecule has 142 valence electrons. The number of nitro benzene ring substituents is 1. The number of rotatable bonds is 5. The SMILES string of the molecule is CC(OC(=O)c1cc(F)c(F)cc1Cl)C(=O)Nc1ccc(F)c([N+](=O)[O-])c1. The summed E-state index contributed by atoms with van der Waals surface area (Å²) in [5, 5.41) is 12.5. The third kappa shape index (κ3) is 4.73. The number of nitro groups is 1. The number of hydrogen-bond donors (Lipinski definition) is 1. The second-order valence-electron chi connectivity index (χ2n) is 5.21. The Labute approximate surface area is 154 Å². The van der Waals surface area contributed by atoms with E-state index in [1.165, 1.54) is 6.92 Å². The first kappa shape index (κ1) is 20.2. The lowest BCUT2D eigenvalue weighted by Gasteiger charge is -2.14. The van der Waals surface area contributed by atoms with Gasteiger partial charge < -0.3 is 10.1 Å². The summed E-state index contributed by atoms with van der Waals surface area (Å²) in [6.45, 7) is 1.17. The lowest BCUT2D eigenvalue weighted by molar-refractivity contribution is -0.387. The normalized spacial score (nSPS) is 11.6. The molecule has 0 aliphatic rings. The van der Waals surface area contributed by atoms with Gasteiger partial charge >= 0.3 is 11.7 Å². The first-order valence-corrected chi connectivity index (χ1v) is 7.58. The van der Waals surface area contributed by atoms with Crippen LogP contribution in [0.25, 0.3) is 0 Å². The molecule has 11 heteroatoms. The van der Waals surface area contributed by atoms with Crippen LogP contribution in [0, 0.1) is 27.6 Å². The molecule has 0 heterocycles. The molecule has 2 rings (SSSR count). The number of anilines is 1. The molecule has 1 N–H and O–H groups in total. The van der Waals surface area contributed by atoms with Crippen molar-refractivity contribution in [1.82, 2.24) is 0 Å². The van der Waals surface area contributed by atoms with E-state index in [0.717, 1.165) is 18.2 Å². The van der Waals surface area contributed by atoms with Gasteiger partial charge in [0.15, 0.2) is 17.7 Å². The van der Waals surface area contributed by atoms with Crippen molar-refractivity contribution in [2.45, 2.75) is 13.0 Å². The Morgan fingerprint density at radius 2 is 1.78 bits per heavy atom. The van der Waals surface area contributed by atoms with E-state index < -0.39 is 56.6 Å². The third-order valence-electron chi connectivity index (χ3n) is 3.29. The van der Waals surface area contributed by atoms with Crippen LogP contribution in [-0.2, 0) is 9.53 Å². The Morgan fingerprint density at radius 3 is 2.41 bits per heavy atom. The monoisotopic (exact) mass is 402 g/mol. The Hall–Kier alpha value is -3.14. The van der Waals surface area contributed by atoms with Gasteiger partial charge in [-0.1, -0.05) is 11.6 Å². The summed E-state index contributed by atoms with van der Waals surface area (Å²) >= 11 is 5.64. The van der Waals surface area contributed by atoms with Crippen LogP contribution in [0.5, 0.6) is 0 Å². The zero-order valence-corrected chi connectivity index (χ0v) is 14.2. The van der Waals surface area contributed by atoms with Crippen molar-refractivity contribution in [3.8, 4) is 0 Å². The number of hydrogen-bond acceptors (Lipinski definition) is 5. The van der Waals surface area contributed by atoms with Crippen LogP contribution in [0.1, 0.15) is 17.3 Å². The first-order valence-electron chi connectivity index (χ1n) is 7.20. The number of benzene rings is 2. The zero-order valence-electron chi connectivity index (χ0n) is 13.5. The molecule has 2 aromatic rings. The number of esters is 1. The molecule has 0 bridgehead atoms. The van der Waals surface area contributed by atoms with Crippen molar-refractivity contribution in [1.29, 1.82) is 0 Å². The summed E-state index contributed by atoms with van der Waals surface area (Å²) < 4.78 is 44.4. The fraction of sp³-hybridized carbons (Fsp3) is 0.125. The van der Waals surface area contributed by atoms with Gasteiger partial charge in [0.05, 0.1) is 15.5 Å². The van der Waals surface area contributed by atoms with E-state index in [9.17, 15) is 32.9 Å². The van der Waals surface area contributed by atoms with Gasteiger partial charge in [-0.3, -0.25) is 14.9 Å². The molecule has 0 radical (unpaired) electrons. The molecule has 0 aliphatic heterocycles. The molecule has 2 aromatic carbocycles. The fourth-order valence-electron chi connectivity index (χ4n) is 1.93. The van der Waals surface area contributed by atoms with E-state index in [4.69, 9.17) is 16.3 Å². The van der Waals surface area contributed by atoms with Crippen molar-refractivity contribution in [2.75, 3.05) is 5.32 Å². The van der Waals surface area contributed by atoms with Gasteiger partial charge in [-0.25, -0.2) is 13.6 Å². The van der Waals surface area contributed by atoms with Crippen LogP contribution in [0.2, 0.25) is 5.02 Å². The summed E-state index contributed by atoms with van der Waals surface area (Å²) in [5.74, 6) is -5.78. The summed E-state index contributed by atoms with van der Waals surface area (Å²) in [4.78, 5) is 33.7. The first-order chi connectivity index (χ1) is 12.6. The van der Waals surface area contributed by atoms with Crippen LogP contribution < -0.4 is 5.32 Å². The van der Waals surface area contributed by atoms with Crippen molar-refractivity contribution in [3.63, 3.8) is 0 Å². The molecule has 0 saturated heterocycles. The molecule has 0 fully saturated rings. The van der Waals surface area contributed by atoms with Crippen LogP contribution in [-0.4, -0.2) is 22.9 Å². The van der Waals surface area contributed by atoms with Crippen LogP contribution in [0.4, 0.5) is 24.5 Å². The van der Waals surface area contributed by atoms with Gasteiger partial charge in [0.2, 0.25) is 5.82 Å². The second-order valence-corrected chi connectivity index (χ2v) is 5.61. The number of ether oxygens (including phenoxy) is 1. The number of nitrogens with zero attached hydrogens (tertiary/aromatic N) is 1. The van der Waals surface area contributed by atoms with E-state index in [-0.39, 0.29) is 5.69 Å². The minimum Gasteiger partial charge on any atom is -0.449 e. The highest BCUT2D eigenvalue weighted by atomic mass is 35.5. The van der Waals surface area contributed by atoms with Crippen LogP contribution in [0.15, 0.2) is 30.3 Å². The summed E-state index contributed by atoms with van der Waals surface area (Å²) in [7, 11) is 0. The molecule has 0 spiro atoms. The maximum atomic E-state index is 13.3. The minimum atomic E-state index is -1.43. The average Bonchev–Trinajstić information content (AvgIpc) is 2.59. The number of carbonyl (C=O) groups is 2. The molecule has 27 heavy (non-hydrogen) atoms. The molecular formula is C16H10ClF3N2O5. The van der Waals surface area contributed by atoms with Gasteiger partial charge in [-0.15, -0.1) is 0 Å². The van der Waals surface area contributed by atoms with Crippen LogP contribution >= 0.6 is 11.6 Å². The van der Waals surface area contributed by atoms with E-state index in [2.05, 4.69) is 5.32 Å². The van der Waals surface area contributed by atoms with Gasteiger partial charge in [0, 0.05) is 11.8 Å². The molecule has 1 unspecified atom stereocenters. The smallest absolute Gasteiger partial charge is 0.340 e. The summed E-state index contributed by atoms with van der Waals surface area (Å²) in [6, 6.07) is 3.74. The lowest BCUT2D eigenvalue weighted by atomic mass is 10.2. The number of halogens is 4. The maximum Gasteiger partial charge on any atom is 0.340 e. The van der Waals surface area contributed by atoms with E-state index in [1.54, 1.807) is 0 Å². The molecule has 7 nitrogen and oxygen atoms in total. The molecule has 0 aromatic heterocycles. The minimum absolute atomic E-state index is 0.109. The molecule has 0 saturated carbocycles. The maximum absolute atomic E-state index is 13.3.